The number of hydrogen-bond donors (Lipinski definition) is 1. The number of hydrogen-bond acceptors (Lipinski definition) is 5. The van der Waals surface area contributed by atoms with Gasteiger partial charge >= 0.3 is 0 Å². The maximum absolute atomic E-state index is 13.2. The number of rotatable bonds is 5. The second-order valence-electron chi connectivity index (χ2n) is 7.19. The Hall–Kier alpha value is -2.03. The van der Waals surface area contributed by atoms with E-state index in [4.69, 9.17) is 11.6 Å². The van der Waals surface area contributed by atoms with Crippen molar-refractivity contribution in [1.82, 2.24) is 19.6 Å². The Labute approximate surface area is 169 Å². The van der Waals surface area contributed by atoms with Gasteiger partial charge in [-0.1, -0.05) is 11.6 Å². The number of sulfonamides is 1. The van der Waals surface area contributed by atoms with Gasteiger partial charge in [-0.05, 0) is 56.9 Å². The molecule has 0 spiro atoms. The number of carbonyl (C=O) groups is 1. The van der Waals surface area contributed by atoms with E-state index in [1.165, 1.54) is 22.6 Å². The lowest BCUT2D eigenvalue weighted by atomic mass is 10.1. The van der Waals surface area contributed by atoms with Crippen LogP contribution in [0, 0.1) is 6.92 Å². The molecule has 1 amide bonds. The summed E-state index contributed by atoms with van der Waals surface area (Å²) in [5.41, 5.74) is 0.821. The van der Waals surface area contributed by atoms with Gasteiger partial charge in [0.25, 0.3) is 5.91 Å². The van der Waals surface area contributed by atoms with Gasteiger partial charge in [0, 0.05) is 23.8 Å². The summed E-state index contributed by atoms with van der Waals surface area (Å²) in [6, 6.07) is 5.81. The molecule has 1 aromatic heterocycles. The molecule has 9 heteroatoms. The van der Waals surface area contributed by atoms with Crippen LogP contribution >= 0.6 is 11.6 Å². The van der Waals surface area contributed by atoms with E-state index >= 15 is 0 Å². The third-order valence-corrected chi connectivity index (χ3v) is 7.21. The van der Waals surface area contributed by atoms with Gasteiger partial charge in [0.15, 0.2) is 0 Å². The van der Waals surface area contributed by atoms with Crippen molar-refractivity contribution in [3.63, 3.8) is 0 Å². The first-order valence-corrected chi connectivity index (χ1v) is 11.1. The zero-order chi connectivity index (χ0) is 19.9. The Balaban J connectivity index is 1.71. The summed E-state index contributed by atoms with van der Waals surface area (Å²) in [5, 5.41) is 3.42. The third kappa shape index (κ3) is 3.76. The molecule has 1 aliphatic carbocycles. The molecule has 1 N–H and O–H groups in total. The van der Waals surface area contributed by atoms with Gasteiger partial charge in [-0.25, -0.2) is 18.4 Å². The topological polar surface area (TPSA) is 92.3 Å². The Morgan fingerprint density at radius 2 is 1.93 bits per heavy atom. The summed E-state index contributed by atoms with van der Waals surface area (Å²) < 4.78 is 27.9. The normalized spacial score (nSPS) is 20.3. The second-order valence-corrected chi connectivity index (χ2v) is 9.52. The van der Waals surface area contributed by atoms with Crippen LogP contribution in [0.4, 0.5) is 0 Å². The molecule has 7 nitrogen and oxygen atoms in total. The van der Waals surface area contributed by atoms with Gasteiger partial charge in [0.1, 0.15) is 5.82 Å². The lowest BCUT2D eigenvalue weighted by Crippen LogP contribution is -2.34. The third-order valence-electron chi connectivity index (χ3n) is 5.04. The minimum absolute atomic E-state index is 0.179. The molecule has 0 radical (unpaired) electrons. The van der Waals surface area contributed by atoms with Crippen molar-refractivity contribution in [1.29, 1.82) is 0 Å². The Morgan fingerprint density at radius 1 is 1.21 bits per heavy atom. The first kappa shape index (κ1) is 19.3. The first-order chi connectivity index (χ1) is 13.4. The maximum Gasteiger partial charge on any atom is 0.254 e. The predicted molar refractivity (Wildman–Crippen MR) is 105 cm³/mol. The average molecular weight is 421 g/mol. The molecule has 0 bridgehead atoms. The highest BCUT2D eigenvalue weighted by Gasteiger charge is 2.39. The van der Waals surface area contributed by atoms with E-state index in [2.05, 4.69) is 15.3 Å². The SMILES string of the molecule is Cc1ncc(C(=O)NC2CC2)c(C2CCCN2S(=O)(=O)c2ccc(Cl)cc2)n1. The molecule has 1 aliphatic heterocycles. The summed E-state index contributed by atoms with van der Waals surface area (Å²) in [4.78, 5) is 21.5. The molecule has 1 saturated heterocycles. The molecule has 4 rings (SSSR count). The summed E-state index contributed by atoms with van der Waals surface area (Å²) in [5.74, 6) is 0.266. The molecular formula is C19H21ClN4O3S. The van der Waals surface area contributed by atoms with Crippen LogP contribution in [0.1, 0.15) is 53.6 Å². The van der Waals surface area contributed by atoms with Crippen molar-refractivity contribution in [2.75, 3.05) is 6.54 Å². The molecule has 1 atom stereocenters. The number of carbonyl (C=O) groups excluding carboxylic acids is 1. The van der Waals surface area contributed by atoms with Crippen LogP contribution in [0.3, 0.4) is 0 Å². The van der Waals surface area contributed by atoms with E-state index in [1.54, 1.807) is 19.1 Å². The Morgan fingerprint density at radius 3 is 2.61 bits per heavy atom. The molecular weight excluding hydrogens is 400 g/mol. The van der Waals surface area contributed by atoms with E-state index in [0.29, 0.717) is 41.5 Å². The number of nitrogens with one attached hydrogen (secondary N) is 1. The Kier molecular flexibility index (Phi) is 5.11. The van der Waals surface area contributed by atoms with Gasteiger partial charge < -0.3 is 5.32 Å². The lowest BCUT2D eigenvalue weighted by molar-refractivity contribution is 0.0947. The molecule has 2 aromatic rings. The highest BCUT2D eigenvalue weighted by Crippen LogP contribution is 2.37. The van der Waals surface area contributed by atoms with Crippen molar-refractivity contribution in [2.45, 2.75) is 49.6 Å². The van der Waals surface area contributed by atoms with Crippen LogP contribution in [0.5, 0.6) is 0 Å². The number of halogens is 1. The highest BCUT2D eigenvalue weighted by molar-refractivity contribution is 7.89. The minimum Gasteiger partial charge on any atom is -0.349 e. The number of amides is 1. The fourth-order valence-electron chi connectivity index (χ4n) is 3.45. The summed E-state index contributed by atoms with van der Waals surface area (Å²) in [7, 11) is -3.74. The number of nitrogens with zero attached hydrogens (tertiary/aromatic N) is 3. The van der Waals surface area contributed by atoms with Crippen molar-refractivity contribution >= 4 is 27.5 Å². The summed E-state index contributed by atoms with van der Waals surface area (Å²) in [6.45, 7) is 2.11. The quantitative estimate of drug-likeness (QED) is 0.802. The highest BCUT2D eigenvalue weighted by atomic mass is 35.5. The zero-order valence-electron chi connectivity index (χ0n) is 15.4. The molecule has 1 aromatic carbocycles. The molecule has 2 aliphatic rings. The molecule has 148 valence electrons. The fraction of sp³-hybridized carbons (Fsp3) is 0.421. The summed E-state index contributed by atoms with van der Waals surface area (Å²) >= 11 is 5.90. The second kappa shape index (κ2) is 7.42. The number of aromatic nitrogens is 2. The zero-order valence-corrected chi connectivity index (χ0v) is 17.0. The van der Waals surface area contributed by atoms with Gasteiger partial charge in [-0.2, -0.15) is 4.31 Å². The molecule has 2 heterocycles. The van der Waals surface area contributed by atoms with Crippen LogP contribution in [-0.2, 0) is 10.0 Å². The predicted octanol–water partition coefficient (Wildman–Crippen LogP) is 2.86. The maximum atomic E-state index is 13.2. The van der Waals surface area contributed by atoms with Crippen LogP contribution < -0.4 is 5.32 Å². The minimum atomic E-state index is -3.74. The average Bonchev–Trinajstić information content (AvgIpc) is 3.32. The van der Waals surface area contributed by atoms with Gasteiger partial charge in [-0.15, -0.1) is 0 Å². The molecule has 2 fully saturated rings. The van der Waals surface area contributed by atoms with Crippen LogP contribution in [-0.4, -0.2) is 41.2 Å². The van der Waals surface area contributed by atoms with Gasteiger partial charge in [-0.3, -0.25) is 4.79 Å². The van der Waals surface area contributed by atoms with Crippen molar-refractivity contribution < 1.29 is 13.2 Å². The molecule has 28 heavy (non-hydrogen) atoms. The monoisotopic (exact) mass is 420 g/mol. The van der Waals surface area contributed by atoms with E-state index < -0.39 is 16.1 Å². The smallest absolute Gasteiger partial charge is 0.254 e. The molecule has 1 unspecified atom stereocenters. The largest absolute Gasteiger partial charge is 0.349 e. The van der Waals surface area contributed by atoms with Crippen molar-refractivity contribution in [3.05, 3.63) is 52.6 Å². The van der Waals surface area contributed by atoms with E-state index in [9.17, 15) is 13.2 Å². The van der Waals surface area contributed by atoms with Gasteiger partial charge in [0.05, 0.1) is 22.2 Å². The first-order valence-electron chi connectivity index (χ1n) is 9.28. The van der Waals surface area contributed by atoms with Crippen LogP contribution in [0.2, 0.25) is 5.02 Å². The fourth-order valence-corrected chi connectivity index (χ4v) is 5.24. The van der Waals surface area contributed by atoms with Crippen molar-refractivity contribution in [2.24, 2.45) is 0 Å². The number of benzene rings is 1. The summed E-state index contributed by atoms with van der Waals surface area (Å²) in [6.07, 6.45) is 4.74. The van der Waals surface area contributed by atoms with E-state index in [1.807, 2.05) is 0 Å². The Bertz CT molecular complexity index is 1010. The molecule has 1 saturated carbocycles. The standard InChI is InChI=1S/C19H21ClN4O3S/c1-12-21-11-16(19(25)23-14-6-7-14)18(22-12)17-3-2-10-24(17)28(26,27)15-8-4-13(20)5-9-15/h4-5,8-9,11,14,17H,2-3,6-7,10H2,1H3,(H,23,25). The van der Waals surface area contributed by atoms with E-state index in [0.717, 1.165) is 12.8 Å². The van der Waals surface area contributed by atoms with Crippen molar-refractivity contribution in [3.8, 4) is 0 Å². The number of aryl methyl sites for hydroxylation is 1. The lowest BCUT2D eigenvalue weighted by Gasteiger charge is -2.25. The van der Waals surface area contributed by atoms with Gasteiger partial charge in [0.2, 0.25) is 10.0 Å². The van der Waals surface area contributed by atoms with Crippen LogP contribution in [0.15, 0.2) is 35.4 Å². The van der Waals surface area contributed by atoms with Crippen LogP contribution in [0.25, 0.3) is 0 Å². The van der Waals surface area contributed by atoms with E-state index in [-0.39, 0.29) is 16.8 Å².